The van der Waals surface area contributed by atoms with Crippen LogP contribution in [0, 0.1) is 5.41 Å². The SMILES string of the molecule is C=Cc1cc(C[C@H](NC(=O)OCC2c3ccccc3-c3ccccc32)C(=O)OC(C)(C)C)ccc1C=N.[HH]. The van der Waals surface area contributed by atoms with Crippen LogP contribution in [0.1, 0.15) is 55.9 Å². The number of ether oxygens (including phenoxy) is 2. The van der Waals surface area contributed by atoms with Crippen LogP contribution in [-0.2, 0) is 20.7 Å². The van der Waals surface area contributed by atoms with Gasteiger partial charge in [0.05, 0.1) is 0 Å². The smallest absolute Gasteiger partial charge is 0.407 e. The first kappa shape index (κ1) is 25.9. The predicted octanol–water partition coefficient (Wildman–Crippen LogP) is 6.36. The molecule has 1 amide bonds. The number of rotatable bonds is 8. The zero-order valence-corrected chi connectivity index (χ0v) is 21.4. The Balaban J connectivity index is 0.00000400. The second-order valence-electron chi connectivity index (χ2n) is 10.1. The van der Waals surface area contributed by atoms with Gasteiger partial charge in [0.25, 0.3) is 0 Å². The van der Waals surface area contributed by atoms with Crippen LogP contribution in [0.3, 0.4) is 0 Å². The molecule has 0 aliphatic heterocycles. The Morgan fingerprint density at radius 2 is 1.65 bits per heavy atom. The van der Waals surface area contributed by atoms with Gasteiger partial charge in [-0.15, -0.1) is 0 Å². The fourth-order valence-corrected chi connectivity index (χ4v) is 4.64. The van der Waals surface area contributed by atoms with Gasteiger partial charge in [0.1, 0.15) is 18.2 Å². The highest BCUT2D eigenvalue weighted by Gasteiger charge is 2.31. The summed E-state index contributed by atoms with van der Waals surface area (Å²) in [5, 5.41) is 10.3. The second-order valence-corrected chi connectivity index (χ2v) is 10.1. The average Bonchev–Trinajstić information content (AvgIpc) is 3.19. The van der Waals surface area contributed by atoms with Gasteiger partial charge in [-0.3, -0.25) is 0 Å². The van der Waals surface area contributed by atoms with Crippen LogP contribution in [0.25, 0.3) is 17.2 Å². The number of nitrogens with one attached hydrogen (secondary N) is 2. The fraction of sp³-hybridized carbons (Fsp3) is 0.258. The molecule has 4 rings (SSSR count). The number of carbonyl (C=O) groups excluding carboxylic acids is 2. The molecule has 6 heteroatoms. The highest BCUT2D eigenvalue weighted by Crippen LogP contribution is 2.44. The Morgan fingerprint density at radius 1 is 1.03 bits per heavy atom. The molecule has 0 heterocycles. The van der Waals surface area contributed by atoms with E-state index in [2.05, 4.69) is 36.2 Å². The zero-order chi connectivity index (χ0) is 26.6. The van der Waals surface area contributed by atoms with Crippen LogP contribution in [0.2, 0.25) is 0 Å². The lowest BCUT2D eigenvalue weighted by Gasteiger charge is -2.25. The number of carbonyl (C=O) groups is 2. The van der Waals surface area contributed by atoms with Gasteiger partial charge in [-0.05, 0) is 59.7 Å². The molecule has 37 heavy (non-hydrogen) atoms. The molecule has 0 spiro atoms. The number of esters is 1. The lowest BCUT2D eigenvalue weighted by atomic mass is 9.98. The monoisotopic (exact) mass is 498 g/mol. The fourth-order valence-electron chi connectivity index (χ4n) is 4.64. The van der Waals surface area contributed by atoms with Crippen LogP contribution in [-0.4, -0.2) is 36.5 Å². The van der Waals surface area contributed by atoms with E-state index in [0.717, 1.165) is 38.9 Å². The minimum atomic E-state index is -0.946. The standard InChI is InChI=1S/C31H32N2O4.H2/c1-5-21-16-20(14-15-22(21)18-32)17-28(29(34)37-31(2,3)4)33-30(35)36-19-27-25-12-8-6-10-23(25)24-11-7-9-13-26(24)27;/h5-16,18,27-28,32H,1,17,19H2,2-4H3,(H,33,35);1H/t28-;/m0./s1. The molecule has 2 N–H and O–H groups in total. The normalized spacial score (nSPS) is 13.2. The van der Waals surface area contributed by atoms with E-state index in [1.807, 2.05) is 36.4 Å². The van der Waals surface area contributed by atoms with Gasteiger partial charge in [0.15, 0.2) is 0 Å². The topological polar surface area (TPSA) is 88.5 Å². The first-order chi connectivity index (χ1) is 17.7. The first-order valence-corrected chi connectivity index (χ1v) is 12.3. The van der Waals surface area contributed by atoms with Gasteiger partial charge in [-0.2, -0.15) is 0 Å². The van der Waals surface area contributed by atoms with Crippen molar-refractivity contribution in [2.75, 3.05) is 6.61 Å². The van der Waals surface area contributed by atoms with Crippen LogP contribution >= 0.6 is 0 Å². The molecule has 0 radical (unpaired) electrons. The lowest BCUT2D eigenvalue weighted by molar-refractivity contribution is -0.157. The van der Waals surface area contributed by atoms with Gasteiger partial charge < -0.3 is 20.2 Å². The summed E-state index contributed by atoms with van der Waals surface area (Å²) < 4.78 is 11.2. The van der Waals surface area contributed by atoms with Gasteiger partial charge in [-0.1, -0.05) is 79.4 Å². The van der Waals surface area contributed by atoms with Crippen LogP contribution in [0.5, 0.6) is 0 Å². The van der Waals surface area contributed by atoms with Crippen molar-refractivity contribution in [1.29, 1.82) is 5.41 Å². The molecule has 0 fully saturated rings. The van der Waals surface area contributed by atoms with Crippen molar-refractivity contribution in [2.24, 2.45) is 0 Å². The van der Waals surface area contributed by atoms with Crippen LogP contribution in [0.4, 0.5) is 4.79 Å². The van der Waals surface area contributed by atoms with Gasteiger partial charge >= 0.3 is 12.1 Å². The molecule has 1 aliphatic carbocycles. The van der Waals surface area contributed by atoms with Crippen LogP contribution in [0.15, 0.2) is 73.3 Å². The van der Waals surface area contributed by atoms with Crippen molar-refractivity contribution in [3.05, 3.63) is 101 Å². The molecule has 0 aromatic heterocycles. The predicted molar refractivity (Wildman–Crippen MR) is 148 cm³/mol. The van der Waals surface area contributed by atoms with Crippen molar-refractivity contribution in [1.82, 2.24) is 5.32 Å². The average molecular weight is 499 g/mol. The highest BCUT2D eigenvalue weighted by molar-refractivity contribution is 5.84. The summed E-state index contributed by atoms with van der Waals surface area (Å²) >= 11 is 0. The maximum absolute atomic E-state index is 13.0. The Labute approximate surface area is 219 Å². The van der Waals surface area contributed by atoms with Crippen molar-refractivity contribution < 1.29 is 20.5 Å². The third kappa shape index (κ3) is 5.97. The van der Waals surface area contributed by atoms with E-state index >= 15 is 0 Å². The quantitative estimate of drug-likeness (QED) is 0.279. The Kier molecular flexibility index (Phi) is 7.58. The Morgan fingerprint density at radius 3 is 2.22 bits per heavy atom. The van der Waals surface area contributed by atoms with Crippen molar-refractivity contribution in [2.45, 2.75) is 44.8 Å². The third-order valence-electron chi connectivity index (χ3n) is 6.29. The van der Waals surface area contributed by atoms with Crippen LogP contribution < -0.4 is 5.32 Å². The summed E-state index contributed by atoms with van der Waals surface area (Å²) in [5.74, 6) is -0.626. The summed E-state index contributed by atoms with van der Waals surface area (Å²) in [6.45, 7) is 9.29. The summed E-state index contributed by atoms with van der Waals surface area (Å²) in [6, 6.07) is 20.8. The van der Waals surface area contributed by atoms with Crippen molar-refractivity contribution in [3.63, 3.8) is 0 Å². The molecule has 6 nitrogen and oxygen atoms in total. The summed E-state index contributed by atoms with van der Waals surface area (Å²) in [4.78, 5) is 25.9. The Hall–Kier alpha value is -4.19. The molecule has 3 aromatic rings. The number of benzene rings is 3. The van der Waals surface area contributed by atoms with E-state index < -0.39 is 23.7 Å². The minimum absolute atomic E-state index is 0. The maximum atomic E-state index is 13.0. The van der Waals surface area contributed by atoms with Gasteiger partial charge in [0.2, 0.25) is 0 Å². The number of alkyl carbamates (subject to hydrolysis) is 1. The zero-order valence-electron chi connectivity index (χ0n) is 21.4. The van der Waals surface area contributed by atoms with Gasteiger partial charge in [0, 0.05) is 20.0 Å². The van der Waals surface area contributed by atoms with E-state index in [1.165, 1.54) is 6.21 Å². The number of amides is 1. The highest BCUT2D eigenvalue weighted by atomic mass is 16.6. The first-order valence-electron chi connectivity index (χ1n) is 12.3. The second kappa shape index (κ2) is 10.8. The molecular weight excluding hydrogens is 464 g/mol. The maximum Gasteiger partial charge on any atom is 0.407 e. The third-order valence-corrected chi connectivity index (χ3v) is 6.29. The molecule has 0 unspecified atom stereocenters. The summed E-state index contributed by atoms with van der Waals surface area (Å²) in [6.07, 6.45) is 2.43. The summed E-state index contributed by atoms with van der Waals surface area (Å²) in [5.41, 5.74) is 6.10. The number of hydrogen-bond donors (Lipinski definition) is 2. The number of hydrogen-bond acceptors (Lipinski definition) is 5. The molecule has 3 aromatic carbocycles. The van der Waals surface area contributed by atoms with Crippen molar-refractivity contribution >= 4 is 24.4 Å². The largest absolute Gasteiger partial charge is 0.458 e. The molecule has 0 saturated heterocycles. The molecule has 1 atom stereocenters. The molecule has 192 valence electrons. The van der Waals surface area contributed by atoms with Crippen molar-refractivity contribution in [3.8, 4) is 11.1 Å². The molecule has 0 saturated carbocycles. The Bertz CT molecular complexity index is 1300. The van der Waals surface area contributed by atoms with E-state index in [1.54, 1.807) is 32.9 Å². The molecular formula is C31H34N2O4. The molecule has 0 bridgehead atoms. The van der Waals surface area contributed by atoms with E-state index in [4.69, 9.17) is 14.9 Å². The molecule has 1 aliphatic rings. The number of fused-ring (bicyclic) bond motifs is 3. The summed E-state index contributed by atoms with van der Waals surface area (Å²) in [7, 11) is 0. The minimum Gasteiger partial charge on any atom is -0.458 e. The lowest BCUT2D eigenvalue weighted by Crippen LogP contribution is -2.46. The van der Waals surface area contributed by atoms with E-state index in [9.17, 15) is 9.59 Å². The van der Waals surface area contributed by atoms with Gasteiger partial charge in [-0.25, -0.2) is 9.59 Å². The van der Waals surface area contributed by atoms with E-state index in [-0.39, 0.29) is 20.4 Å². The van der Waals surface area contributed by atoms with E-state index in [0.29, 0.717) is 0 Å².